The largest absolute Gasteiger partial charge is 0.493 e. The number of aryl methyl sites for hydroxylation is 1. The maximum absolute atomic E-state index is 5.53. The first kappa shape index (κ1) is 21.4. The molecule has 1 fully saturated rings. The van der Waals surface area contributed by atoms with Crippen molar-refractivity contribution in [2.45, 2.75) is 52.0 Å². The summed E-state index contributed by atoms with van der Waals surface area (Å²) < 4.78 is 18.5. The fraction of sp³-hybridized carbons (Fsp3) is 0.636. The maximum Gasteiger partial charge on any atom is 0.203 e. The van der Waals surface area contributed by atoms with Gasteiger partial charge in [0.15, 0.2) is 23.1 Å². The van der Waals surface area contributed by atoms with Crippen LogP contribution in [-0.4, -0.2) is 60.6 Å². The van der Waals surface area contributed by atoms with Gasteiger partial charge < -0.3 is 19.1 Å². The topological polar surface area (TPSA) is 61.6 Å². The van der Waals surface area contributed by atoms with Crippen molar-refractivity contribution in [1.29, 1.82) is 0 Å². The molecule has 0 radical (unpaired) electrons. The normalized spacial score (nSPS) is 14.8. The van der Waals surface area contributed by atoms with Gasteiger partial charge in [0.2, 0.25) is 5.75 Å². The summed E-state index contributed by atoms with van der Waals surface area (Å²) in [5.74, 6) is 3.59. The molecule has 1 aromatic carbocycles. The van der Waals surface area contributed by atoms with Crippen LogP contribution in [0, 0.1) is 0 Å². The number of nitrogens with zero attached hydrogens (tertiary/aromatic N) is 4. The van der Waals surface area contributed by atoms with Gasteiger partial charge in [-0.25, -0.2) is 9.67 Å². The summed E-state index contributed by atoms with van der Waals surface area (Å²) in [5.41, 5.74) is 0.923. The van der Waals surface area contributed by atoms with Crippen LogP contribution in [0.5, 0.6) is 17.2 Å². The molecular formula is C22H34N4O3. The molecule has 0 N–H and O–H groups in total. The van der Waals surface area contributed by atoms with Gasteiger partial charge in [-0.05, 0) is 44.5 Å². The molecule has 7 heteroatoms. The highest BCUT2D eigenvalue weighted by Crippen LogP contribution is 2.40. The number of piperidine rings is 1. The van der Waals surface area contributed by atoms with E-state index in [9.17, 15) is 0 Å². The number of aromatic nitrogens is 3. The second kappa shape index (κ2) is 10.5. The SMILES string of the molecule is CCCCn1nc(CCN2CCCCC2)nc1-c1cc(OC)c(OC)c(OC)c1. The van der Waals surface area contributed by atoms with Gasteiger partial charge in [0.25, 0.3) is 0 Å². The highest BCUT2D eigenvalue weighted by Gasteiger charge is 2.19. The minimum absolute atomic E-state index is 0.587. The standard InChI is InChI=1S/C22H34N4O3/c1-5-6-13-26-22(17-15-18(27-2)21(29-4)19(16-17)28-3)23-20(24-26)10-14-25-11-8-7-9-12-25/h15-16H,5-14H2,1-4H3. The summed E-state index contributed by atoms with van der Waals surface area (Å²) in [4.78, 5) is 7.42. The first-order valence-corrected chi connectivity index (χ1v) is 10.7. The molecule has 2 aromatic rings. The number of rotatable bonds is 10. The molecule has 0 saturated carbocycles. The molecule has 1 aliphatic rings. The Hall–Kier alpha value is -2.28. The molecule has 0 aliphatic carbocycles. The van der Waals surface area contributed by atoms with Crippen molar-refractivity contribution >= 4 is 0 Å². The molecule has 0 spiro atoms. The van der Waals surface area contributed by atoms with Crippen LogP contribution >= 0.6 is 0 Å². The van der Waals surface area contributed by atoms with Crippen LogP contribution in [0.3, 0.4) is 0 Å². The number of ether oxygens (including phenoxy) is 3. The molecule has 160 valence electrons. The first-order chi connectivity index (χ1) is 14.2. The molecule has 0 amide bonds. The van der Waals surface area contributed by atoms with Gasteiger partial charge in [-0.1, -0.05) is 19.8 Å². The van der Waals surface area contributed by atoms with E-state index in [2.05, 4.69) is 11.8 Å². The summed E-state index contributed by atoms with van der Waals surface area (Å²) in [6.07, 6.45) is 7.00. The minimum atomic E-state index is 0.587. The van der Waals surface area contributed by atoms with E-state index in [0.29, 0.717) is 17.2 Å². The van der Waals surface area contributed by atoms with Gasteiger partial charge in [0.1, 0.15) is 0 Å². The van der Waals surface area contributed by atoms with Gasteiger partial charge in [-0.15, -0.1) is 0 Å². The van der Waals surface area contributed by atoms with E-state index in [-0.39, 0.29) is 0 Å². The van der Waals surface area contributed by atoms with E-state index in [1.807, 2.05) is 16.8 Å². The van der Waals surface area contributed by atoms with Gasteiger partial charge in [0.05, 0.1) is 21.3 Å². The van der Waals surface area contributed by atoms with Crippen molar-refractivity contribution in [1.82, 2.24) is 19.7 Å². The Morgan fingerprint density at radius 1 is 0.931 bits per heavy atom. The van der Waals surface area contributed by atoms with Crippen LogP contribution < -0.4 is 14.2 Å². The lowest BCUT2D eigenvalue weighted by molar-refractivity contribution is 0.230. The van der Waals surface area contributed by atoms with Gasteiger partial charge >= 0.3 is 0 Å². The minimum Gasteiger partial charge on any atom is -0.493 e. The van der Waals surface area contributed by atoms with E-state index in [0.717, 1.165) is 49.6 Å². The van der Waals surface area contributed by atoms with Gasteiger partial charge in [-0.3, -0.25) is 0 Å². The third-order valence-corrected chi connectivity index (χ3v) is 5.46. The van der Waals surface area contributed by atoms with Crippen LogP contribution in [0.15, 0.2) is 12.1 Å². The highest BCUT2D eigenvalue weighted by molar-refractivity contribution is 5.66. The molecule has 3 rings (SSSR count). The number of methoxy groups -OCH3 is 3. The monoisotopic (exact) mass is 402 g/mol. The van der Waals surface area contributed by atoms with E-state index in [1.165, 1.54) is 32.4 Å². The molecular weight excluding hydrogens is 368 g/mol. The van der Waals surface area contributed by atoms with Crippen molar-refractivity contribution in [2.75, 3.05) is 41.0 Å². The summed E-state index contributed by atoms with van der Waals surface area (Å²) in [6, 6.07) is 3.89. The number of likely N-dealkylation sites (tertiary alicyclic amines) is 1. The number of benzene rings is 1. The van der Waals surface area contributed by atoms with E-state index < -0.39 is 0 Å². The Labute approximate surface area is 174 Å². The Morgan fingerprint density at radius 2 is 1.62 bits per heavy atom. The molecule has 0 atom stereocenters. The number of hydrogen-bond donors (Lipinski definition) is 0. The summed E-state index contributed by atoms with van der Waals surface area (Å²) in [6.45, 7) is 6.44. The van der Waals surface area contributed by atoms with Crippen LogP contribution in [0.25, 0.3) is 11.4 Å². The molecule has 1 aromatic heterocycles. The van der Waals surface area contributed by atoms with Crippen molar-refractivity contribution in [3.63, 3.8) is 0 Å². The van der Waals surface area contributed by atoms with E-state index in [1.54, 1.807) is 21.3 Å². The smallest absolute Gasteiger partial charge is 0.203 e. The molecule has 2 heterocycles. The zero-order valence-electron chi connectivity index (χ0n) is 18.2. The molecule has 0 unspecified atom stereocenters. The van der Waals surface area contributed by atoms with Gasteiger partial charge in [-0.2, -0.15) is 5.10 Å². The molecule has 29 heavy (non-hydrogen) atoms. The number of unbranched alkanes of at least 4 members (excludes halogenated alkanes) is 1. The lowest BCUT2D eigenvalue weighted by atomic mass is 10.1. The molecule has 1 aliphatic heterocycles. The van der Waals surface area contributed by atoms with Crippen molar-refractivity contribution in [3.05, 3.63) is 18.0 Å². The molecule has 0 bridgehead atoms. The summed E-state index contributed by atoms with van der Waals surface area (Å²) in [5, 5.41) is 4.83. The summed E-state index contributed by atoms with van der Waals surface area (Å²) >= 11 is 0. The van der Waals surface area contributed by atoms with Crippen LogP contribution in [0.2, 0.25) is 0 Å². The van der Waals surface area contributed by atoms with Crippen molar-refractivity contribution < 1.29 is 14.2 Å². The zero-order valence-corrected chi connectivity index (χ0v) is 18.2. The highest BCUT2D eigenvalue weighted by atomic mass is 16.5. The van der Waals surface area contributed by atoms with Crippen LogP contribution in [0.4, 0.5) is 0 Å². The van der Waals surface area contributed by atoms with E-state index in [4.69, 9.17) is 24.3 Å². The second-order valence-electron chi connectivity index (χ2n) is 7.49. The molecule has 7 nitrogen and oxygen atoms in total. The lowest BCUT2D eigenvalue weighted by Gasteiger charge is -2.25. The maximum atomic E-state index is 5.53. The fourth-order valence-electron chi connectivity index (χ4n) is 3.82. The predicted octanol–water partition coefficient (Wildman–Crippen LogP) is 3.80. The first-order valence-electron chi connectivity index (χ1n) is 10.7. The Bertz CT molecular complexity index is 759. The third-order valence-electron chi connectivity index (χ3n) is 5.46. The Balaban J connectivity index is 1.89. The predicted molar refractivity (Wildman–Crippen MR) is 114 cm³/mol. The lowest BCUT2D eigenvalue weighted by Crippen LogP contribution is -2.31. The van der Waals surface area contributed by atoms with Crippen molar-refractivity contribution in [3.8, 4) is 28.6 Å². The third kappa shape index (κ3) is 5.21. The van der Waals surface area contributed by atoms with Crippen LogP contribution in [-0.2, 0) is 13.0 Å². The van der Waals surface area contributed by atoms with E-state index >= 15 is 0 Å². The van der Waals surface area contributed by atoms with Crippen molar-refractivity contribution in [2.24, 2.45) is 0 Å². The second-order valence-corrected chi connectivity index (χ2v) is 7.49. The van der Waals surface area contributed by atoms with Crippen LogP contribution in [0.1, 0.15) is 44.9 Å². The summed E-state index contributed by atoms with van der Waals surface area (Å²) in [7, 11) is 4.88. The number of hydrogen-bond acceptors (Lipinski definition) is 6. The Morgan fingerprint density at radius 3 is 2.21 bits per heavy atom. The fourth-order valence-corrected chi connectivity index (χ4v) is 3.82. The zero-order chi connectivity index (χ0) is 20.6. The average Bonchev–Trinajstić information content (AvgIpc) is 3.18. The quantitative estimate of drug-likeness (QED) is 0.602. The molecule has 1 saturated heterocycles. The van der Waals surface area contributed by atoms with Gasteiger partial charge in [0, 0.05) is 25.1 Å². The average molecular weight is 403 g/mol. The Kier molecular flexibility index (Phi) is 7.75.